The molecule has 0 saturated heterocycles. The van der Waals surface area contributed by atoms with E-state index in [1.165, 1.54) is 43.9 Å². The van der Waals surface area contributed by atoms with E-state index in [0.717, 1.165) is 31.7 Å². The molecule has 0 aliphatic carbocycles. The van der Waals surface area contributed by atoms with Gasteiger partial charge in [0, 0.05) is 0 Å². The summed E-state index contributed by atoms with van der Waals surface area (Å²) in [6.07, 6.45) is 8.85. The summed E-state index contributed by atoms with van der Waals surface area (Å²) in [5.74, 6) is -5.34. The van der Waals surface area contributed by atoms with Gasteiger partial charge in [-0.2, -0.15) is 0 Å². The van der Waals surface area contributed by atoms with Crippen LogP contribution in [0, 0.1) is 17.5 Å². The molecule has 0 unspecified atom stereocenters. The maximum absolute atomic E-state index is 13.7. The van der Waals surface area contributed by atoms with E-state index in [1.807, 2.05) is 0 Å². The predicted octanol–water partition coefficient (Wildman–Crippen LogP) is 6.76. The number of rotatable bonds is 13. The molecular formula is C25H29F3O4. The Bertz CT molecular complexity index is 899. The molecule has 2 aromatic rings. The Morgan fingerprint density at radius 2 is 1.25 bits per heavy atom. The topological polar surface area (TPSA) is 52.6 Å². The predicted molar refractivity (Wildman–Crippen MR) is 115 cm³/mol. The summed E-state index contributed by atoms with van der Waals surface area (Å²) in [5.41, 5.74) is -0.795. The van der Waals surface area contributed by atoms with Gasteiger partial charge in [0.25, 0.3) is 0 Å². The zero-order valence-corrected chi connectivity index (χ0v) is 18.3. The van der Waals surface area contributed by atoms with E-state index >= 15 is 0 Å². The Morgan fingerprint density at radius 3 is 1.88 bits per heavy atom. The van der Waals surface area contributed by atoms with Gasteiger partial charge in [0.2, 0.25) is 0 Å². The normalized spacial score (nSPS) is 10.8. The second-order valence-electron chi connectivity index (χ2n) is 7.55. The molecule has 0 N–H and O–H groups in total. The summed E-state index contributed by atoms with van der Waals surface area (Å²) in [7, 11) is 0. The Morgan fingerprint density at radius 1 is 0.719 bits per heavy atom. The molecule has 2 rings (SSSR count). The van der Waals surface area contributed by atoms with Gasteiger partial charge in [-0.1, -0.05) is 64.0 Å². The molecule has 0 bridgehead atoms. The van der Waals surface area contributed by atoms with E-state index in [4.69, 9.17) is 9.47 Å². The monoisotopic (exact) mass is 450 g/mol. The second kappa shape index (κ2) is 13.6. The Labute approximate surface area is 186 Å². The molecule has 0 aliphatic rings. The van der Waals surface area contributed by atoms with Gasteiger partial charge < -0.3 is 9.47 Å². The molecule has 0 aromatic heterocycles. The van der Waals surface area contributed by atoms with Crippen LogP contribution in [0.2, 0.25) is 0 Å². The van der Waals surface area contributed by atoms with Crippen LogP contribution in [0.15, 0.2) is 36.4 Å². The van der Waals surface area contributed by atoms with Crippen molar-refractivity contribution in [3.05, 3.63) is 70.5 Å². The van der Waals surface area contributed by atoms with Gasteiger partial charge in [0.15, 0.2) is 11.6 Å². The van der Waals surface area contributed by atoms with Gasteiger partial charge in [-0.05, 0) is 30.7 Å². The quantitative estimate of drug-likeness (QED) is 0.192. The highest BCUT2D eigenvalue weighted by molar-refractivity contribution is 6.03. The van der Waals surface area contributed by atoms with Crippen molar-refractivity contribution in [3.8, 4) is 0 Å². The van der Waals surface area contributed by atoms with Crippen LogP contribution < -0.4 is 0 Å². The zero-order chi connectivity index (χ0) is 23.3. The van der Waals surface area contributed by atoms with Crippen LogP contribution in [-0.2, 0) is 16.1 Å². The van der Waals surface area contributed by atoms with Crippen LogP contribution >= 0.6 is 0 Å². The SMILES string of the molecule is CCCCCCCCCCOC(=O)c1ccccc1C(=O)OCc1c(F)ccc(F)c1F. The standard InChI is InChI=1S/C25H29F3O4/c1-2-3-4-5-6-7-8-11-16-31-24(29)18-12-9-10-13-19(18)25(30)32-17-20-21(26)14-15-22(27)23(20)28/h9-10,12-15H,2-8,11,16-17H2,1H3. The Hall–Kier alpha value is -2.83. The van der Waals surface area contributed by atoms with Crippen LogP contribution in [0.25, 0.3) is 0 Å². The third-order valence-electron chi connectivity index (χ3n) is 5.08. The van der Waals surface area contributed by atoms with Gasteiger partial charge >= 0.3 is 11.9 Å². The van der Waals surface area contributed by atoms with Crippen molar-refractivity contribution in [2.75, 3.05) is 6.61 Å². The highest BCUT2D eigenvalue weighted by Crippen LogP contribution is 2.19. The van der Waals surface area contributed by atoms with Crippen molar-refractivity contribution in [1.82, 2.24) is 0 Å². The average Bonchev–Trinajstić information content (AvgIpc) is 2.80. The largest absolute Gasteiger partial charge is 0.462 e. The molecule has 174 valence electrons. The van der Waals surface area contributed by atoms with Gasteiger partial charge in [0.05, 0.1) is 23.3 Å². The highest BCUT2D eigenvalue weighted by Gasteiger charge is 2.21. The minimum atomic E-state index is -1.42. The van der Waals surface area contributed by atoms with Crippen LogP contribution in [0.3, 0.4) is 0 Å². The fourth-order valence-corrected chi connectivity index (χ4v) is 3.23. The van der Waals surface area contributed by atoms with Gasteiger partial charge in [-0.3, -0.25) is 0 Å². The van der Waals surface area contributed by atoms with E-state index in [9.17, 15) is 22.8 Å². The lowest BCUT2D eigenvalue weighted by molar-refractivity contribution is 0.0430. The molecule has 0 atom stereocenters. The molecule has 4 nitrogen and oxygen atoms in total. The van der Waals surface area contributed by atoms with E-state index in [1.54, 1.807) is 6.07 Å². The van der Waals surface area contributed by atoms with Crippen molar-refractivity contribution in [3.63, 3.8) is 0 Å². The third kappa shape index (κ3) is 7.70. The molecule has 0 aliphatic heterocycles. The number of hydrogen-bond donors (Lipinski definition) is 0. The molecule has 0 spiro atoms. The number of benzene rings is 2. The summed E-state index contributed by atoms with van der Waals surface area (Å²) in [6.45, 7) is 1.60. The molecule has 32 heavy (non-hydrogen) atoms. The summed E-state index contributed by atoms with van der Waals surface area (Å²) in [6, 6.07) is 7.25. The van der Waals surface area contributed by atoms with Crippen molar-refractivity contribution in [2.45, 2.75) is 64.9 Å². The fourth-order valence-electron chi connectivity index (χ4n) is 3.23. The number of carbonyl (C=O) groups is 2. The molecular weight excluding hydrogens is 421 g/mol. The van der Waals surface area contributed by atoms with E-state index in [-0.39, 0.29) is 17.7 Å². The summed E-state index contributed by atoms with van der Waals surface area (Å²) in [5, 5.41) is 0. The zero-order valence-electron chi connectivity index (χ0n) is 18.3. The van der Waals surface area contributed by atoms with E-state index in [2.05, 4.69) is 6.92 Å². The number of hydrogen-bond acceptors (Lipinski definition) is 4. The Kier molecular flexibility index (Phi) is 10.8. The molecule has 0 saturated carbocycles. The summed E-state index contributed by atoms with van der Waals surface area (Å²) < 4.78 is 51.0. The third-order valence-corrected chi connectivity index (χ3v) is 5.08. The first-order valence-electron chi connectivity index (χ1n) is 11.0. The second-order valence-corrected chi connectivity index (χ2v) is 7.55. The molecule has 2 aromatic carbocycles. The first kappa shape index (κ1) is 25.4. The number of halogens is 3. The summed E-state index contributed by atoms with van der Waals surface area (Å²) >= 11 is 0. The fraction of sp³-hybridized carbons (Fsp3) is 0.440. The van der Waals surface area contributed by atoms with Gasteiger partial charge in [-0.15, -0.1) is 0 Å². The highest BCUT2D eigenvalue weighted by atomic mass is 19.2. The van der Waals surface area contributed by atoms with Crippen molar-refractivity contribution < 1.29 is 32.2 Å². The number of ether oxygens (including phenoxy) is 2. The van der Waals surface area contributed by atoms with E-state index in [0.29, 0.717) is 6.07 Å². The maximum Gasteiger partial charge on any atom is 0.339 e. The minimum Gasteiger partial charge on any atom is -0.462 e. The molecule has 0 radical (unpaired) electrons. The van der Waals surface area contributed by atoms with Crippen LogP contribution in [-0.4, -0.2) is 18.5 Å². The van der Waals surface area contributed by atoms with Crippen molar-refractivity contribution in [2.24, 2.45) is 0 Å². The van der Waals surface area contributed by atoms with Crippen LogP contribution in [0.1, 0.15) is 84.6 Å². The van der Waals surface area contributed by atoms with Crippen LogP contribution in [0.4, 0.5) is 13.2 Å². The molecule has 7 heteroatoms. The van der Waals surface area contributed by atoms with Crippen molar-refractivity contribution >= 4 is 11.9 Å². The van der Waals surface area contributed by atoms with Crippen LogP contribution in [0.5, 0.6) is 0 Å². The lowest BCUT2D eigenvalue weighted by atomic mass is 10.1. The Balaban J connectivity index is 1.85. The molecule has 0 fully saturated rings. The molecule has 0 amide bonds. The lowest BCUT2D eigenvalue weighted by Crippen LogP contribution is -2.15. The molecule has 0 heterocycles. The van der Waals surface area contributed by atoms with Gasteiger partial charge in [0.1, 0.15) is 12.4 Å². The van der Waals surface area contributed by atoms with Gasteiger partial charge in [-0.25, -0.2) is 22.8 Å². The van der Waals surface area contributed by atoms with E-state index < -0.39 is 41.6 Å². The first-order valence-corrected chi connectivity index (χ1v) is 11.0. The maximum atomic E-state index is 13.7. The smallest absolute Gasteiger partial charge is 0.339 e. The number of unbranched alkanes of at least 4 members (excludes halogenated alkanes) is 7. The first-order chi connectivity index (χ1) is 15.5. The number of carbonyl (C=O) groups excluding carboxylic acids is 2. The average molecular weight is 450 g/mol. The lowest BCUT2D eigenvalue weighted by Gasteiger charge is -2.11. The number of esters is 2. The minimum absolute atomic E-state index is 0.00254. The summed E-state index contributed by atoms with van der Waals surface area (Å²) in [4.78, 5) is 24.8. The van der Waals surface area contributed by atoms with Crippen molar-refractivity contribution in [1.29, 1.82) is 0 Å².